The lowest BCUT2D eigenvalue weighted by atomic mass is 9.81. The molecule has 1 saturated heterocycles. The summed E-state index contributed by atoms with van der Waals surface area (Å²) in [6.45, 7) is 2.62. The van der Waals surface area contributed by atoms with E-state index in [4.69, 9.17) is 4.74 Å². The Balaban J connectivity index is 1.46. The highest BCUT2D eigenvalue weighted by molar-refractivity contribution is 7.89. The van der Waals surface area contributed by atoms with Gasteiger partial charge < -0.3 is 15.4 Å². The number of benzene rings is 4. The van der Waals surface area contributed by atoms with Crippen molar-refractivity contribution in [3.8, 4) is 0 Å². The van der Waals surface area contributed by atoms with E-state index in [-0.39, 0.29) is 35.8 Å². The standard InChI is InChI=1S/C37H38F3N3O5S/c1-24-22-41-23-30(43(24)49(46,47)31-14-4-3-5-15-31)17-18-32-25(9-8-16-33(32)40)21-34(44)36(42-37(45)48-2)35(26-10-6-12-28(38)19-26)27-11-7-13-29(39)20-27/h3-16,19-20,24,30,35-36,41H,17-18,21-23H2,1-2H3,(H,42,45)/t24-,30+,36-/m1/s1. The number of piperazine rings is 1. The number of ether oxygens (including phenoxy) is 1. The van der Waals surface area contributed by atoms with Crippen molar-refractivity contribution in [3.05, 3.63) is 137 Å². The van der Waals surface area contributed by atoms with Gasteiger partial charge in [0.25, 0.3) is 0 Å². The van der Waals surface area contributed by atoms with Crippen LogP contribution < -0.4 is 10.6 Å². The van der Waals surface area contributed by atoms with Gasteiger partial charge in [0, 0.05) is 37.5 Å². The third-order valence-electron chi connectivity index (χ3n) is 8.80. The van der Waals surface area contributed by atoms with E-state index in [1.807, 2.05) is 6.92 Å². The molecule has 1 amide bonds. The number of halogens is 3. The molecule has 5 rings (SSSR count). The summed E-state index contributed by atoms with van der Waals surface area (Å²) < 4.78 is 78.2. The van der Waals surface area contributed by atoms with Gasteiger partial charge in [-0.15, -0.1) is 0 Å². The molecule has 3 atom stereocenters. The van der Waals surface area contributed by atoms with Gasteiger partial charge >= 0.3 is 6.09 Å². The predicted molar refractivity (Wildman–Crippen MR) is 179 cm³/mol. The van der Waals surface area contributed by atoms with Gasteiger partial charge in [0.15, 0.2) is 5.78 Å². The van der Waals surface area contributed by atoms with Crippen molar-refractivity contribution in [2.45, 2.75) is 55.1 Å². The van der Waals surface area contributed by atoms with Crippen LogP contribution in [0.5, 0.6) is 0 Å². The molecular formula is C37H38F3N3O5S. The largest absolute Gasteiger partial charge is 0.453 e. The van der Waals surface area contributed by atoms with Crippen molar-refractivity contribution in [2.75, 3.05) is 20.2 Å². The Bertz CT molecular complexity index is 1850. The molecule has 2 N–H and O–H groups in total. The molecule has 1 aliphatic heterocycles. The lowest BCUT2D eigenvalue weighted by Gasteiger charge is -2.40. The van der Waals surface area contributed by atoms with Crippen LogP contribution in [0.15, 0.2) is 102 Å². The van der Waals surface area contributed by atoms with Crippen molar-refractivity contribution in [2.24, 2.45) is 0 Å². The topological polar surface area (TPSA) is 105 Å². The monoisotopic (exact) mass is 693 g/mol. The van der Waals surface area contributed by atoms with Crippen molar-refractivity contribution in [3.63, 3.8) is 0 Å². The summed E-state index contributed by atoms with van der Waals surface area (Å²) in [7, 11) is -2.73. The van der Waals surface area contributed by atoms with Crippen molar-refractivity contribution >= 4 is 21.9 Å². The molecule has 4 aromatic rings. The van der Waals surface area contributed by atoms with Crippen LogP contribution in [0.3, 0.4) is 0 Å². The number of alkyl carbamates (subject to hydrolysis) is 1. The van der Waals surface area contributed by atoms with Gasteiger partial charge in [-0.1, -0.05) is 54.6 Å². The zero-order chi connectivity index (χ0) is 35.1. The molecule has 0 bridgehead atoms. The first-order chi connectivity index (χ1) is 23.5. The van der Waals surface area contributed by atoms with E-state index < -0.39 is 57.4 Å². The highest BCUT2D eigenvalue weighted by Gasteiger charge is 2.38. The Labute approximate surface area is 284 Å². The number of amides is 1. The number of ketones is 1. The number of carbonyl (C=O) groups excluding carboxylic acids is 2. The normalized spacial score (nSPS) is 17.4. The van der Waals surface area contributed by atoms with Crippen LogP contribution in [-0.2, 0) is 32.4 Å². The number of nitrogens with zero attached hydrogens (tertiary/aromatic N) is 1. The average Bonchev–Trinajstić information content (AvgIpc) is 3.08. The van der Waals surface area contributed by atoms with Crippen molar-refractivity contribution in [1.29, 1.82) is 0 Å². The van der Waals surface area contributed by atoms with Gasteiger partial charge in [0.1, 0.15) is 23.5 Å². The molecule has 0 aliphatic carbocycles. The van der Waals surface area contributed by atoms with Gasteiger partial charge in [0.05, 0.1) is 12.0 Å². The molecule has 1 aliphatic rings. The van der Waals surface area contributed by atoms with E-state index in [2.05, 4.69) is 10.6 Å². The number of nitrogens with one attached hydrogen (secondary N) is 2. The number of Topliss-reactive ketones (excluding diaryl/α,β-unsaturated/α-hetero) is 1. The van der Waals surface area contributed by atoms with Gasteiger partial charge in [-0.25, -0.2) is 26.4 Å². The molecule has 258 valence electrons. The van der Waals surface area contributed by atoms with Crippen molar-refractivity contribution in [1.82, 2.24) is 14.9 Å². The van der Waals surface area contributed by atoms with Crippen LogP contribution in [0.1, 0.15) is 41.5 Å². The second-order valence-electron chi connectivity index (χ2n) is 12.1. The Hall–Kier alpha value is -4.52. The van der Waals surface area contributed by atoms with Gasteiger partial charge in [-0.3, -0.25) is 4.79 Å². The molecule has 1 fully saturated rings. The number of sulfonamides is 1. The molecule has 0 radical (unpaired) electrons. The fourth-order valence-electron chi connectivity index (χ4n) is 6.55. The van der Waals surface area contributed by atoms with E-state index in [0.29, 0.717) is 29.8 Å². The third-order valence-corrected chi connectivity index (χ3v) is 10.9. The molecular weight excluding hydrogens is 655 g/mol. The van der Waals surface area contributed by atoms with Crippen LogP contribution in [-0.4, -0.2) is 62.9 Å². The summed E-state index contributed by atoms with van der Waals surface area (Å²) in [6, 6.07) is 21.2. The SMILES string of the molecule is COC(=O)N[C@H](C(=O)Cc1cccc(F)c1CC[C@H]1CNC[C@@H](C)N1S(=O)(=O)c1ccccc1)C(c1cccc(F)c1)c1cccc(F)c1. The fourth-order valence-corrected chi connectivity index (χ4v) is 8.41. The quantitative estimate of drug-likeness (QED) is 0.196. The van der Waals surface area contributed by atoms with Crippen LogP contribution in [0, 0.1) is 17.5 Å². The van der Waals surface area contributed by atoms with Crippen LogP contribution in [0.2, 0.25) is 0 Å². The van der Waals surface area contributed by atoms with E-state index in [0.717, 1.165) is 7.11 Å². The first kappa shape index (κ1) is 35.8. The zero-order valence-corrected chi connectivity index (χ0v) is 27.9. The summed E-state index contributed by atoms with van der Waals surface area (Å²) >= 11 is 0. The molecule has 49 heavy (non-hydrogen) atoms. The highest BCUT2D eigenvalue weighted by Crippen LogP contribution is 2.32. The second kappa shape index (κ2) is 15.8. The average molecular weight is 694 g/mol. The highest BCUT2D eigenvalue weighted by atomic mass is 32.2. The molecule has 12 heteroatoms. The molecule has 0 unspecified atom stereocenters. The Morgan fingerprint density at radius 1 is 0.898 bits per heavy atom. The summed E-state index contributed by atoms with van der Waals surface area (Å²) in [5.74, 6) is -3.33. The van der Waals surface area contributed by atoms with Gasteiger partial charge in [-0.2, -0.15) is 4.31 Å². The number of hydrogen-bond acceptors (Lipinski definition) is 6. The summed E-state index contributed by atoms with van der Waals surface area (Å²) in [5.41, 5.74) is 1.18. The summed E-state index contributed by atoms with van der Waals surface area (Å²) in [6.07, 6.45) is -0.908. The Morgan fingerprint density at radius 2 is 1.53 bits per heavy atom. The molecule has 1 heterocycles. The lowest BCUT2D eigenvalue weighted by Crippen LogP contribution is -2.58. The summed E-state index contributed by atoms with van der Waals surface area (Å²) in [4.78, 5) is 26.9. The zero-order valence-electron chi connectivity index (χ0n) is 27.1. The minimum absolute atomic E-state index is 0.113. The molecule has 0 spiro atoms. The number of rotatable bonds is 12. The minimum Gasteiger partial charge on any atom is -0.453 e. The molecule has 0 saturated carbocycles. The van der Waals surface area contributed by atoms with Gasteiger partial charge in [0.2, 0.25) is 10.0 Å². The maximum Gasteiger partial charge on any atom is 0.407 e. The number of hydrogen-bond donors (Lipinski definition) is 2. The Morgan fingerprint density at radius 3 is 2.14 bits per heavy atom. The number of methoxy groups -OCH3 is 1. The second-order valence-corrected chi connectivity index (χ2v) is 13.9. The first-order valence-corrected chi connectivity index (χ1v) is 17.4. The fraction of sp³-hybridized carbons (Fsp3) is 0.297. The smallest absolute Gasteiger partial charge is 0.407 e. The molecule has 8 nitrogen and oxygen atoms in total. The van der Waals surface area contributed by atoms with E-state index in [9.17, 15) is 26.8 Å². The maximum atomic E-state index is 15.5. The third kappa shape index (κ3) is 8.38. The molecule has 0 aromatic heterocycles. The Kier molecular flexibility index (Phi) is 11.5. The van der Waals surface area contributed by atoms with Crippen LogP contribution in [0.4, 0.5) is 18.0 Å². The van der Waals surface area contributed by atoms with Crippen LogP contribution >= 0.6 is 0 Å². The van der Waals surface area contributed by atoms with E-state index in [1.54, 1.807) is 48.5 Å². The van der Waals surface area contributed by atoms with Gasteiger partial charge in [-0.05, 0) is 84.5 Å². The van der Waals surface area contributed by atoms with E-state index in [1.165, 1.54) is 52.8 Å². The number of carbonyl (C=O) groups is 2. The first-order valence-electron chi connectivity index (χ1n) is 15.9. The minimum atomic E-state index is -3.86. The molecule has 4 aromatic carbocycles. The van der Waals surface area contributed by atoms with E-state index >= 15 is 4.39 Å². The lowest BCUT2D eigenvalue weighted by molar-refractivity contribution is -0.120. The van der Waals surface area contributed by atoms with Crippen LogP contribution in [0.25, 0.3) is 0 Å². The summed E-state index contributed by atoms with van der Waals surface area (Å²) in [5, 5.41) is 5.82. The predicted octanol–water partition coefficient (Wildman–Crippen LogP) is 5.76. The van der Waals surface area contributed by atoms with Crippen molar-refractivity contribution < 1.29 is 35.9 Å². The maximum absolute atomic E-state index is 15.5.